The molecule has 5 heterocycles. The Hall–Kier alpha value is -4.58. The summed E-state index contributed by atoms with van der Waals surface area (Å²) in [4.78, 5) is 62.1. The number of benzene rings is 2. The van der Waals surface area contributed by atoms with Crippen LogP contribution in [0.25, 0.3) is 10.1 Å². The third kappa shape index (κ3) is 8.95. The average Bonchev–Trinajstić information content (AvgIpc) is 3.76. The van der Waals surface area contributed by atoms with Crippen molar-refractivity contribution in [2.24, 2.45) is 5.92 Å². The maximum absolute atomic E-state index is 14.3. The fourth-order valence-electron chi connectivity index (χ4n) is 7.68. The molecule has 0 radical (unpaired) electrons. The van der Waals surface area contributed by atoms with Crippen LogP contribution in [0.2, 0.25) is 0 Å². The third-order valence-electron chi connectivity index (χ3n) is 10.7. The quantitative estimate of drug-likeness (QED) is 0.108. The molecule has 3 aliphatic heterocycles. The minimum Gasteiger partial charge on any atom is -0.465 e. The van der Waals surface area contributed by atoms with Gasteiger partial charge in [0.25, 0.3) is 5.91 Å². The van der Waals surface area contributed by atoms with E-state index in [1.165, 1.54) is 11.3 Å². The first-order valence-electron chi connectivity index (χ1n) is 19.2. The van der Waals surface area contributed by atoms with E-state index in [9.17, 15) is 23.7 Å². The van der Waals surface area contributed by atoms with Gasteiger partial charge in [-0.05, 0) is 91.4 Å². The predicted molar refractivity (Wildman–Crippen MR) is 211 cm³/mol. The van der Waals surface area contributed by atoms with Crippen LogP contribution in [-0.4, -0.2) is 82.8 Å². The van der Waals surface area contributed by atoms with E-state index >= 15 is 0 Å². The van der Waals surface area contributed by atoms with Crippen LogP contribution in [0.5, 0.6) is 5.75 Å². The highest BCUT2D eigenvalue weighted by atomic mass is 32.1. The van der Waals surface area contributed by atoms with Crippen molar-refractivity contribution in [3.8, 4) is 5.75 Å². The van der Waals surface area contributed by atoms with Crippen molar-refractivity contribution < 1.29 is 33.0 Å². The Morgan fingerprint density at radius 2 is 1.84 bits per heavy atom. The number of amides is 3. The molecule has 5 atom stereocenters. The van der Waals surface area contributed by atoms with E-state index in [0.29, 0.717) is 49.6 Å². The second-order valence-electron chi connectivity index (χ2n) is 14.8. The highest BCUT2D eigenvalue weighted by Gasteiger charge is 2.47. The van der Waals surface area contributed by atoms with Gasteiger partial charge in [0.15, 0.2) is 0 Å². The van der Waals surface area contributed by atoms with Crippen molar-refractivity contribution in [1.29, 1.82) is 0 Å². The van der Waals surface area contributed by atoms with Gasteiger partial charge in [-0.25, -0.2) is 5.09 Å². The minimum absolute atomic E-state index is 0.00378. The lowest BCUT2D eigenvalue weighted by atomic mass is 9.92. The Morgan fingerprint density at radius 1 is 1.02 bits per heavy atom. The SMILES string of the molecule is CCCOC(=O)C(C)CNP(=O)(Cc1ccc2sc(C(=O)N[C@H]3CCC[C@H]4CC[C@@H](C(=O)N5CC(c6cccnc6)C5)N4C3=O)cc2c1)Oc1ccccc1. The smallest absolute Gasteiger partial charge is 0.320 e. The largest absolute Gasteiger partial charge is 0.465 e. The number of carbonyl (C=O) groups is 4. The van der Waals surface area contributed by atoms with Gasteiger partial charge in [0.05, 0.1) is 23.6 Å². The third-order valence-corrected chi connectivity index (χ3v) is 13.8. The van der Waals surface area contributed by atoms with Gasteiger partial charge in [0, 0.05) is 48.7 Å². The Bertz CT molecular complexity index is 2060. The normalized spacial score (nSPS) is 21.6. The number of hydrogen-bond acceptors (Lipinski definition) is 9. The minimum atomic E-state index is -3.56. The summed E-state index contributed by atoms with van der Waals surface area (Å²) in [6, 6.07) is 19.0. The van der Waals surface area contributed by atoms with E-state index in [4.69, 9.17) is 9.26 Å². The molecular weight excluding hydrogens is 738 g/mol. The molecule has 55 heavy (non-hydrogen) atoms. The molecule has 3 amide bonds. The molecule has 3 saturated heterocycles. The first kappa shape index (κ1) is 38.7. The van der Waals surface area contributed by atoms with E-state index in [1.807, 2.05) is 54.4 Å². The second-order valence-corrected chi connectivity index (χ2v) is 18.1. The number of rotatable bonds is 14. The van der Waals surface area contributed by atoms with Crippen LogP contribution in [-0.2, 0) is 29.8 Å². The van der Waals surface area contributed by atoms with Gasteiger partial charge >= 0.3 is 13.5 Å². The van der Waals surface area contributed by atoms with Gasteiger partial charge in [-0.15, -0.1) is 11.3 Å². The van der Waals surface area contributed by atoms with Crippen molar-refractivity contribution in [2.45, 2.75) is 82.6 Å². The molecule has 7 rings (SSSR count). The van der Waals surface area contributed by atoms with E-state index in [0.717, 1.165) is 40.5 Å². The number of para-hydroxylation sites is 1. The molecule has 0 saturated carbocycles. The summed E-state index contributed by atoms with van der Waals surface area (Å²) < 4.78 is 26.5. The van der Waals surface area contributed by atoms with Crippen molar-refractivity contribution in [2.75, 3.05) is 26.2 Å². The lowest BCUT2D eigenvalue weighted by Crippen LogP contribution is -2.58. The maximum Gasteiger partial charge on any atom is 0.320 e. The number of hydrogen-bond donors (Lipinski definition) is 2. The van der Waals surface area contributed by atoms with Crippen molar-refractivity contribution >= 4 is 52.6 Å². The lowest BCUT2D eigenvalue weighted by Gasteiger charge is -2.42. The van der Waals surface area contributed by atoms with Crippen LogP contribution in [0, 0.1) is 5.92 Å². The summed E-state index contributed by atoms with van der Waals surface area (Å²) >= 11 is 1.32. The first-order valence-corrected chi connectivity index (χ1v) is 21.8. The molecular formula is C41H48N5O7PS. The second kappa shape index (κ2) is 17.1. The topological polar surface area (TPSA) is 147 Å². The van der Waals surface area contributed by atoms with Gasteiger partial charge in [0.2, 0.25) is 11.8 Å². The molecule has 2 aromatic carbocycles. The number of aromatic nitrogens is 1. The number of nitrogens with one attached hydrogen (secondary N) is 2. The maximum atomic E-state index is 14.3. The lowest BCUT2D eigenvalue weighted by molar-refractivity contribution is -0.148. The number of ether oxygens (including phenoxy) is 1. The molecule has 0 bridgehead atoms. The van der Waals surface area contributed by atoms with Crippen LogP contribution >= 0.6 is 18.9 Å². The number of likely N-dealkylation sites (tertiary alicyclic amines) is 1. The van der Waals surface area contributed by atoms with E-state index in [-0.39, 0.29) is 48.4 Å². The summed E-state index contributed by atoms with van der Waals surface area (Å²) in [6.45, 7) is 5.31. The van der Waals surface area contributed by atoms with Crippen molar-refractivity contribution in [1.82, 2.24) is 25.2 Å². The number of thiophene rings is 1. The average molecular weight is 786 g/mol. The molecule has 290 valence electrons. The van der Waals surface area contributed by atoms with Crippen LogP contribution in [0.3, 0.4) is 0 Å². The van der Waals surface area contributed by atoms with Crippen molar-refractivity contribution in [3.05, 3.63) is 95.1 Å². The van der Waals surface area contributed by atoms with E-state index < -0.39 is 25.5 Å². The number of nitrogens with zero attached hydrogens (tertiary/aromatic N) is 3. The fourth-order valence-corrected chi connectivity index (χ4v) is 10.6. The summed E-state index contributed by atoms with van der Waals surface area (Å²) in [5, 5.41) is 6.84. The fraction of sp³-hybridized carbons (Fsp3) is 0.439. The Morgan fingerprint density at radius 3 is 2.60 bits per heavy atom. The van der Waals surface area contributed by atoms with Gasteiger partial charge in [-0.2, -0.15) is 0 Å². The summed E-state index contributed by atoms with van der Waals surface area (Å²) in [6.07, 6.45) is 7.85. The molecule has 4 aromatic rings. The first-order chi connectivity index (χ1) is 26.6. The molecule has 2 unspecified atom stereocenters. The van der Waals surface area contributed by atoms with Gasteiger partial charge in [-0.3, -0.25) is 28.7 Å². The van der Waals surface area contributed by atoms with Gasteiger partial charge in [0.1, 0.15) is 17.8 Å². The standard InChI is InChI=1S/C41H48N5O7PS/c1-3-19-52-41(50)27(2)22-43-54(51,53-33-11-5-4-6-12-33)26-28-14-17-36-30(20-28)21-37(55-36)38(47)44-34-13-7-10-32-15-16-35(46(32)39(34)48)40(49)45-24-31(25-45)29-9-8-18-42-23-29/h4-6,8-9,11-12,14,17-18,20-21,23,27,31-32,34-35H,3,7,10,13,15-16,19,22,24-26H2,1-2H3,(H,43,51)(H,44,47)/t27?,32-,34-,35-,54?/m0/s1. The molecule has 0 aliphatic carbocycles. The van der Waals surface area contributed by atoms with E-state index in [2.05, 4.69) is 15.4 Å². The Kier molecular flexibility index (Phi) is 12.0. The molecule has 12 nitrogen and oxygen atoms in total. The highest BCUT2D eigenvalue weighted by molar-refractivity contribution is 7.56. The monoisotopic (exact) mass is 785 g/mol. The Balaban J connectivity index is 1.01. The predicted octanol–water partition coefficient (Wildman–Crippen LogP) is 6.52. The molecule has 0 spiro atoms. The number of pyridine rings is 1. The van der Waals surface area contributed by atoms with Crippen LogP contribution in [0.15, 0.2) is 79.1 Å². The zero-order valence-electron chi connectivity index (χ0n) is 31.2. The zero-order valence-corrected chi connectivity index (χ0v) is 32.9. The highest BCUT2D eigenvalue weighted by Crippen LogP contribution is 2.47. The van der Waals surface area contributed by atoms with E-state index in [1.54, 1.807) is 48.4 Å². The summed E-state index contributed by atoms with van der Waals surface area (Å²) in [7, 11) is -3.56. The number of carbonyl (C=O) groups excluding carboxylic acids is 4. The van der Waals surface area contributed by atoms with Gasteiger partial charge in [-0.1, -0.05) is 44.2 Å². The molecule has 14 heteroatoms. The van der Waals surface area contributed by atoms with Crippen molar-refractivity contribution in [3.63, 3.8) is 0 Å². The molecule has 3 aliphatic rings. The van der Waals surface area contributed by atoms with Crippen LogP contribution < -0.4 is 14.9 Å². The molecule has 2 N–H and O–H groups in total. The van der Waals surface area contributed by atoms with Crippen LogP contribution in [0.4, 0.5) is 0 Å². The number of fused-ring (bicyclic) bond motifs is 2. The van der Waals surface area contributed by atoms with Crippen LogP contribution in [0.1, 0.15) is 79.1 Å². The van der Waals surface area contributed by atoms with Gasteiger partial charge < -0.3 is 24.4 Å². The zero-order chi connectivity index (χ0) is 38.5. The number of esters is 1. The summed E-state index contributed by atoms with van der Waals surface area (Å²) in [5.41, 5.74) is 1.85. The summed E-state index contributed by atoms with van der Waals surface area (Å²) in [5.74, 6) is -0.753. The Labute approximate surface area is 325 Å². The molecule has 2 aromatic heterocycles. The molecule has 3 fully saturated rings.